The first kappa shape index (κ1) is 14.5. The highest BCUT2D eigenvalue weighted by Gasteiger charge is 2.05. The van der Waals surface area contributed by atoms with Gasteiger partial charge in [0.05, 0.1) is 0 Å². The summed E-state index contributed by atoms with van der Waals surface area (Å²) >= 11 is 0. The number of aromatic nitrogens is 1. The number of pyridine rings is 1. The number of hydrogen-bond acceptors (Lipinski definition) is 3. The molecule has 0 saturated carbocycles. The summed E-state index contributed by atoms with van der Waals surface area (Å²) in [5.74, 6) is 0.989. The Bertz CT molecular complexity index is 508. The average molecular weight is 269 g/mol. The van der Waals surface area contributed by atoms with Crippen molar-refractivity contribution in [1.29, 1.82) is 0 Å². The Morgan fingerprint density at radius 2 is 1.85 bits per heavy atom. The molecule has 1 aromatic carbocycles. The number of rotatable bonds is 6. The minimum absolute atomic E-state index is 0.227. The van der Waals surface area contributed by atoms with E-state index in [1.54, 1.807) is 0 Å². The molecule has 106 valence electrons. The third kappa shape index (κ3) is 4.07. The molecule has 1 aromatic heterocycles. The third-order valence-electron chi connectivity index (χ3n) is 3.49. The fourth-order valence-electron chi connectivity index (χ4n) is 2.15. The summed E-state index contributed by atoms with van der Waals surface area (Å²) in [7, 11) is 2.06. The van der Waals surface area contributed by atoms with Crippen LogP contribution in [0.25, 0.3) is 0 Å². The number of nitrogens with zero attached hydrogens (tertiary/aromatic N) is 2. The molecule has 0 radical (unpaired) electrons. The standard InChI is InChI=1S/C17H23N3/c1-3-16(18)11-15-9-10-17(19-12-15)20(2)13-14-7-5-4-6-8-14/h4-10,12,16H,3,11,13,18H2,1-2H3. The van der Waals surface area contributed by atoms with E-state index in [4.69, 9.17) is 5.73 Å². The van der Waals surface area contributed by atoms with Gasteiger partial charge >= 0.3 is 0 Å². The van der Waals surface area contributed by atoms with Crippen LogP contribution in [-0.4, -0.2) is 18.1 Å². The lowest BCUT2D eigenvalue weighted by molar-refractivity contribution is 0.645. The van der Waals surface area contributed by atoms with Gasteiger partial charge in [0.25, 0.3) is 0 Å². The van der Waals surface area contributed by atoms with Crippen LogP contribution in [0.1, 0.15) is 24.5 Å². The molecular weight excluding hydrogens is 246 g/mol. The van der Waals surface area contributed by atoms with E-state index in [2.05, 4.69) is 60.3 Å². The molecule has 1 unspecified atom stereocenters. The predicted molar refractivity (Wildman–Crippen MR) is 84.8 cm³/mol. The predicted octanol–water partition coefficient (Wildman–Crippen LogP) is 3.00. The van der Waals surface area contributed by atoms with Crippen molar-refractivity contribution in [2.45, 2.75) is 32.4 Å². The maximum atomic E-state index is 5.97. The summed E-state index contributed by atoms with van der Waals surface area (Å²) in [5.41, 5.74) is 8.46. The van der Waals surface area contributed by atoms with E-state index in [0.29, 0.717) is 0 Å². The van der Waals surface area contributed by atoms with Gasteiger partial charge in [-0.1, -0.05) is 43.3 Å². The molecule has 3 nitrogen and oxygen atoms in total. The van der Waals surface area contributed by atoms with Gasteiger partial charge in [-0.05, 0) is 30.0 Å². The molecule has 2 N–H and O–H groups in total. The maximum absolute atomic E-state index is 5.97. The van der Waals surface area contributed by atoms with E-state index in [-0.39, 0.29) is 6.04 Å². The van der Waals surface area contributed by atoms with Crippen molar-refractivity contribution in [1.82, 2.24) is 4.98 Å². The smallest absolute Gasteiger partial charge is 0.128 e. The van der Waals surface area contributed by atoms with Gasteiger partial charge in [-0.3, -0.25) is 0 Å². The molecule has 0 saturated heterocycles. The Balaban J connectivity index is 1.98. The van der Waals surface area contributed by atoms with Gasteiger partial charge in [-0.25, -0.2) is 4.98 Å². The fourth-order valence-corrected chi connectivity index (χ4v) is 2.15. The Labute approximate surface area is 121 Å². The van der Waals surface area contributed by atoms with E-state index < -0.39 is 0 Å². The summed E-state index contributed by atoms with van der Waals surface area (Å²) in [6.07, 6.45) is 3.83. The van der Waals surface area contributed by atoms with Gasteiger partial charge in [0.1, 0.15) is 5.82 Å². The summed E-state index contributed by atoms with van der Waals surface area (Å²) in [6, 6.07) is 14.8. The van der Waals surface area contributed by atoms with Gasteiger partial charge in [-0.2, -0.15) is 0 Å². The van der Waals surface area contributed by atoms with E-state index >= 15 is 0 Å². The minimum Gasteiger partial charge on any atom is -0.355 e. The normalized spacial score (nSPS) is 12.2. The van der Waals surface area contributed by atoms with E-state index in [1.807, 2.05) is 12.3 Å². The van der Waals surface area contributed by atoms with Crippen molar-refractivity contribution in [2.24, 2.45) is 5.73 Å². The molecule has 0 bridgehead atoms. The number of nitrogens with two attached hydrogens (primary N) is 1. The van der Waals surface area contributed by atoms with Crippen LogP contribution in [0.2, 0.25) is 0 Å². The highest BCUT2D eigenvalue weighted by atomic mass is 15.2. The van der Waals surface area contributed by atoms with E-state index in [1.165, 1.54) is 11.1 Å². The van der Waals surface area contributed by atoms with Crippen LogP contribution in [0.15, 0.2) is 48.7 Å². The summed E-state index contributed by atoms with van der Waals surface area (Å²) in [6.45, 7) is 2.97. The van der Waals surface area contributed by atoms with Crippen molar-refractivity contribution in [2.75, 3.05) is 11.9 Å². The molecule has 20 heavy (non-hydrogen) atoms. The molecule has 0 aliphatic heterocycles. The topological polar surface area (TPSA) is 42.1 Å². The Morgan fingerprint density at radius 3 is 2.45 bits per heavy atom. The zero-order valence-electron chi connectivity index (χ0n) is 12.3. The Morgan fingerprint density at radius 1 is 1.10 bits per heavy atom. The van der Waals surface area contributed by atoms with Crippen molar-refractivity contribution in [3.63, 3.8) is 0 Å². The van der Waals surface area contributed by atoms with Crippen LogP contribution in [0, 0.1) is 0 Å². The molecule has 0 aliphatic carbocycles. The van der Waals surface area contributed by atoms with Gasteiger partial charge in [0, 0.05) is 25.8 Å². The molecule has 3 heteroatoms. The van der Waals surface area contributed by atoms with Crippen molar-refractivity contribution >= 4 is 5.82 Å². The Hall–Kier alpha value is -1.87. The van der Waals surface area contributed by atoms with Gasteiger partial charge in [0.15, 0.2) is 0 Å². The number of benzene rings is 1. The zero-order chi connectivity index (χ0) is 14.4. The van der Waals surface area contributed by atoms with Crippen LogP contribution in [-0.2, 0) is 13.0 Å². The zero-order valence-corrected chi connectivity index (χ0v) is 12.3. The molecule has 1 atom stereocenters. The van der Waals surface area contributed by atoms with Crippen LogP contribution in [0.3, 0.4) is 0 Å². The van der Waals surface area contributed by atoms with E-state index in [9.17, 15) is 0 Å². The van der Waals surface area contributed by atoms with Crippen LogP contribution < -0.4 is 10.6 Å². The largest absolute Gasteiger partial charge is 0.355 e. The fraction of sp³-hybridized carbons (Fsp3) is 0.353. The lowest BCUT2D eigenvalue weighted by Gasteiger charge is -2.18. The first-order chi connectivity index (χ1) is 9.69. The highest BCUT2D eigenvalue weighted by molar-refractivity contribution is 5.39. The summed E-state index contributed by atoms with van der Waals surface area (Å²) in [4.78, 5) is 6.68. The quantitative estimate of drug-likeness (QED) is 0.876. The highest BCUT2D eigenvalue weighted by Crippen LogP contribution is 2.14. The molecule has 0 aliphatic rings. The minimum atomic E-state index is 0.227. The molecule has 2 rings (SSSR count). The second-order valence-electron chi connectivity index (χ2n) is 5.24. The summed E-state index contributed by atoms with van der Waals surface area (Å²) in [5, 5.41) is 0. The maximum Gasteiger partial charge on any atom is 0.128 e. The van der Waals surface area contributed by atoms with Crippen LogP contribution >= 0.6 is 0 Å². The molecule has 1 heterocycles. The lowest BCUT2D eigenvalue weighted by Crippen LogP contribution is -2.22. The van der Waals surface area contributed by atoms with Gasteiger partial charge in [-0.15, -0.1) is 0 Å². The van der Waals surface area contributed by atoms with Crippen molar-refractivity contribution in [3.05, 3.63) is 59.8 Å². The lowest BCUT2D eigenvalue weighted by atomic mass is 10.1. The van der Waals surface area contributed by atoms with E-state index in [0.717, 1.165) is 25.2 Å². The second-order valence-corrected chi connectivity index (χ2v) is 5.24. The first-order valence-corrected chi connectivity index (χ1v) is 7.14. The first-order valence-electron chi connectivity index (χ1n) is 7.14. The van der Waals surface area contributed by atoms with Crippen LogP contribution in [0.4, 0.5) is 5.82 Å². The number of hydrogen-bond donors (Lipinski definition) is 1. The SMILES string of the molecule is CCC(N)Cc1ccc(N(C)Cc2ccccc2)nc1. The number of anilines is 1. The molecule has 0 amide bonds. The molecule has 0 spiro atoms. The van der Waals surface area contributed by atoms with Crippen molar-refractivity contribution < 1.29 is 0 Å². The summed E-state index contributed by atoms with van der Waals surface area (Å²) < 4.78 is 0. The van der Waals surface area contributed by atoms with Gasteiger partial charge < -0.3 is 10.6 Å². The molecular formula is C17H23N3. The third-order valence-corrected chi connectivity index (χ3v) is 3.49. The van der Waals surface area contributed by atoms with Gasteiger partial charge in [0.2, 0.25) is 0 Å². The van der Waals surface area contributed by atoms with Crippen molar-refractivity contribution in [3.8, 4) is 0 Å². The van der Waals surface area contributed by atoms with Crippen LogP contribution in [0.5, 0.6) is 0 Å². The molecule has 0 fully saturated rings. The molecule has 2 aromatic rings. The second kappa shape index (κ2) is 7.06. The monoisotopic (exact) mass is 269 g/mol. The Kier molecular flexibility index (Phi) is 5.13. The average Bonchev–Trinajstić information content (AvgIpc) is 2.49.